The van der Waals surface area contributed by atoms with Gasteiger partial charge in [-0.25, -0.2) is 0 Å². The highest BCUT2D eigenvalue weighted by Crippen LogP contribution is 1.88. The molecule has 0 aromatic rings. The van der Waals surface area contributed by atoms with Crippen molar-refractivity contribution in [2.45, 2.75) is 31.8 Å². The molecule has 0 aliphatic rings. The van der Waals surface area contributed by atoms with E-state index in [0.717, 1.165) is 12.7 Å². The Balaban J connectivity index is 3.12. The predicted octanol–water partition coefficient (Wildman–Crippen LogP) is -0.270. The van der Waals surface area contributed by atoms with E-state index in [2.05, 4.69) is 5.32 Å². The molecular formula is C8H15N2O2. The molecule has 4 nitrogen and oxygen atoms in total. The Kier molecular flexibility index (Phi) is 7.84. The molecular weight excluding hydrogens is 156 g/mol. The summed E-state index contributed by atoms with van der Waals surface area (Å²) < 4.78 is 0. The molecule has 0 aliphatic heterocycles. The van der Waals surface area contributed by atoms with Crippen molar-refractivity contribution in [3.05, 3.63) is 0 Å². The summed E-state index contributed by atoms with van der Waals surface area (Å²) in [4.78, 5) is 19.7. The van der Waals surface area contributed by atoms with E-state index in [0.29, 0.717) is 25.8 Å². The first-order valence-corrected chi connectivity index (χ1v) is 4.09. The molecule has 12 heavy (non-hydrogen) atoms. The van der Waals surface area contributed by atoms with Gasteiger partial charge in [-0.2, -0.15) is 0 Å². The molecule has 0 aromatic heterocycles. The summed E-state index contributed by atoms with van der Waals surface area (Å²) in [5.74, 6) is 0. The Morgan fingerprint density at radius 3 is 2.92 bits per heavy atom. The van der Waals surface area contributed by atoms with Gasteiger partial charge in [0.25, 0.3) is 0 Å². The molecule has 1 radical (unpaired) electrons. The van der Waals surface area contributed by atoms with E-state index in [-0.39, 0.29) is 6.17 Å². The normalized spacial score (nSPS) is 12.4. The van der Waals surface area contributed by atoms with Crippen LogP contribution in [0, 0.1) is 0 Å². The third-order valence-electron chi connectivity index (χ3n) is 1.46. The van der Waals surface area contributed by atoms with Crippen LogP contribution in [0.15, 0.2) is 0 Å². The van der Waals surface area contributed by atoms with Crippen LogP contribution < -0.4 is 11.1 Å². The molecule has 4 heteroatoms. The van der Waals surface area contributed by atoms with Crippen LogP contribution in [0.4, 0.5) is 0 Å². The number of hydrogen-bond donors (Lipinski definition) is 2. The molecule has 0 heterocycles. The van der Waals surface area contributed by atoms with E-state index in [1.165, 1.54) is 0 Å². The monoisotopic (exact) mass is 171 g/mol. The van der Waals surface area contributed by atoms with Gasteiger partial charge in [0.15, 0.2) is 6.29 Å². The minimum absolute atomic E-state index is 0.137. The average molecular weight is 171 g/mol. The smallest absolute Gasteiger partial charge is 0.198 e. The standard InChI is InChI=1S/C8H15N2O2/c9-8(4-3-7-12)10-5-1-2-6-11/h7-8,10H,1-5,9H2. The van der Waals surface area contributed by atoms with E-state index in [4.69, 9.17) is 5.73 Å². The first-order valence-electron chi connectivity index (χ1n) is 4.09. The molecule has 0 aliphatic carbocycles. The maximum absolute atomic E-state index is 9.95. The fourth-order valence-corrected chi connectivity index (χ4v) is 0.798. The molecule has 0 rings (SSSR count). The Morgan fingerprint density at radius 2 is 2.33 bits per heavy atom. The molecule has 0 spiro atoms. The second kappa shape index (κ2) is 8.36. The van der Waals surface area contributed by atoms with E-state index >= 15 is 0 Å². The first kappa shape index (κ1) is 11.3. The van der Waals surface area contributed by atoms with Gasteiger partial charge in [0.05, 0.1) is 6.17 Å². The van der Waals surface area contributed by atoms with E-state index in [9.17, 15) is 9.59 Å². The highest BCUT2D eigenvalue weighted by Gasteiger charge is 1.98. The maximum atomic E-state index is 9.95. The molecule has 0 saturated carbocycles. The summed E-state index contributed by atoms with van der Waals surface area (Å²) in [5.41, 5.74) is 5.57. The number of carbonyl (C=O) groups is 1. The van der Waals surface area contributed by atoms with E-state index in [1.807, 2.05) is 0 Å². The lowest BCUT2D eigenvalue weighted by Gasteiger charge is -2.10. The second-order valence-corrected chi connectivity index (χ2v) is 2.55. The topological polar surface area (TPSA) is 72.2 Å². The first-order chi connectivity index (χ1) is 5.81. The van der Waals surface area contributed by atoms with Crippen LogP contribution >= 0.6 is 0 Å². The largest absolute Gasteiger partial charge is 0.316 e. The number of nitrogens with one attached hydrogen (secondary N) is 1. The minimum Gasteiger partial charge on any atom is -0.316 e. The van der Waals surface area contributed by atoms with Crippen LogP contribution in [0.25, 0.3) is 0 Å². The van der Waals surface area contributed by atoms with Crippen molar-refractivity contribution in [3.8, 4) is 0 Å². The van der Waals surface area contributed by atoms with Crippen molar-refractivity contribution in [1.29, 1.82) is 0 Å². The minimum atomic E-state index is -0.137. The number of unbranched alkanes of at least 4 members (excludes halogenated alkanes) is 1. The van der Waals surface area contributed by atoms with Gasteiger partial charge in [-0.15, -0.1) is 0 Å². The Labute approximate surface area is 72.5 Å². The highest BCUT2D eigenvalue weighted by molar-refractivity contribution is 5.50. The van der Waals surface area contributed by atoms with Gasteiger partial charge >= 0.3 is 0 Å². The number of hydrogen-bond acceptors (Lipinski definition) is 4. The molecule has 0 fully saturated rings. The zero-order valence-corrected chi connectivity index (χ0v) is 7.08. The summed E-state index contributed by atoms with van der Waals surface area (Å²) in [6.07, 6.45) is 4.82. The van der Waals surface area contributed by atoms with Crippen molar-refractivity contribution in [3.63, 3.8) is 0 Å². The molecule has 0 amide bonds. The van der Waals surface area contributed by atoms with Gasteiger partial charge in [-0.05, 0) is 19.4 Å². The third kappa shape index (κ3) is 7.37. The second-order valence-electron chi connectivity index (χ2n) is 2.55. The van der Waals surface area contributed by atoms with Crippen LogP contribution in [-0.4, -0.2) is 25.3 Å². The fraction of sp³-hybridized carbons (Fsp3) is 0.750. The van der Waals surface area contributed by atoms with Gasteiger partial charge < -0.3 is 15.8 Å². The van der Waals surface area contributed by atoms with Crippen LogP contribution in [0.3, 0.4) is 0 Å². The van der Waals surface area contributed by atoms with Gasteiger partial charge in [0, 0.05) is 12.8 Å². The zero-order valence-electron chi connectivity index (χ0n) is 7.08. The summed E-state index contributed by atoms with van der Waals surface area (Å²) in [7, 11) is 0. The van der Waals surface area contributed by atoms with Gasteiger partial charge in [0.2, 0.25) is 0 Å². The molecule has 1 atom stereocenters. The number of rotatable bonds is 8. The van der Waals surface area contributed by atoms with Crippen molar-refractivity contribution >= 4 is 12.6 Å². The highest BCUT2D eigenvalue weighted by atomic mass is 16.1. The molecule has 3 N–H and O–H groups in total. The van der Waals surface area contributed by atoms with Crippen LogP contribution in [-0.2, 0) is 9.59 Å². The fourth-order valence-electron chi connectivity index (χ4n) is 0.798. The van der Waals surface area contributed by atoms with Crippen molar-refractivity contribution in [2.24, 2.45) is 5.73 Å². The van der Waals surface area contributed by atoms with Crippen LogP contribution in [0.2, 0.25) is 0 Å². The molecule has 69 valence electrons. The lowest BCUT2D eigenvalue weighted by Crippen LogP contribution is -2.37. The lowest BCUT2D eigenvalue weighted by molar-refractivity contribution is -0.108. The van der Waals surface area contributed by atoms with Crippen LogP contribution in [0.1, 0.15) is 25.7 Å². The summed E-state index contributed by atoms with van der Waals surface area (Å²) in [5, 5.41) is 2.99. The SMILES string of the molecule is NC(CCC=O)NCCC[C]=O. The van der Waals surface area contributed by atoms with Crippen molar-refractivity contribution in [1.82, 2.24) is 5.32 Å². The Hall–Kier alpha value is -0.740. The van der Waals surface area contributed by atoms with Crippen molar-refractivity contribution in [2.75, 3.05) is 6.54 Å². The molecule has 1 unspecified atom stereocenters. The molecule has 0 bridgehead atoms. The third-order valence-corrected chi connectivity index (χ3v) is 1.46. The molecule has 0 aromatic carbocycles. The molecule has 0 saturated heterocycles. The quantitative estimate of drug-likeness (QED) is 0.299. The number of aldehydes is 1. The Morgan fingerprint density at radius 1 is 1.58 bits per heavy atom. The Bertz CT molecular complexity index is 128. The lowest BCUT2D eigenvalue weighted by atomic mass is 10.2. The zero-order chi connectivity index (χ0) is 9.23. The van der Waals surface area contributed by atoms with E-state index < -0.39 is 0 Å². The van der Waals surface area contributed by atoms with Gasteiger partial charge in [-0.3, -0.25) is 4.79 Å². The summed E-state index contributed by atoms with van der Waals surface area (Å²) in [6, 6.07) is 0. The predicted molar refractivity (Wildman–Crippen MR) is 46.2 cm³/mol. The number of carbonyl (C=O) groups excluding carboxylic acids is 2. The summed E-state index contributed by atoms with van der Waals surface area (Å²) >= 11 is 0. The maximum Gasteiger partial charge on any atom is 0.198 e. The van der Waals surface area contributed by atoms with Gasteiger partial charge in [0.1, 0.15) is 6.29 Å². The average Bonchev–Trinajstić information content (AvgIpc) is 2.09. The van der Waals surface area contributed by atoms with Crippen molar-refractivity contribution < 1.29 is 9.59 Å². The van der Waals surface area contributed by atoms with Gasteiger partial charge in [-0.1, -0.05) is 0 Å². The van der Waals surface area contributed by atoms with Crippen LogP contribution in [0.5, 0.6) is 0 Å². The summed E-state index contributed by atoms with van der Waals surface area (Å²) in [6.45, 7) is 0.704. The van der Waals surface area contributed by atoms with E-state index in [1.54, 1.807) is 6.29 Å². The number of nitrogens with two attached hydrogens (primary N) is 1.